The minimum atomic E-state index is -0.138. The lowest BCUT2D eigenvalue weighted by Gasteiger charge is -2.09. The number of anilines is 1. The number of hydrogen-bond acceptors (Lipinski definition) is 4. The highest BCUT2D eigenvalue weighted by Gasteiger charge is 2.10. The fourth-order valence-corrected chi connectivity index (χ4v) is 2.74. The maximum absolute atomic E-state index is 11.8. The minimum absolute atomic E-state index is 0.138. The lowest BCUT2D eigenvalue weighted by Crippen LogP contribution is -2.20. The normalized spacial score (nSPS) is 10.8. The lowest BCUT2D eigenvalue weighted by atomic mass is 10.2. The van der Waals surface area contributed by atoms with E-state index in [4.69, 9.17) is 0 Å². The highest BCUT2D eigenvalue weighted by molar-refractivity contribution is 5.98. The molecule has 0 unspecified atom stereocenters. The van der Waals surface area contributed by atoms with E-state index < -0.39 is 0 Å². The van der Waals surface area contributed by atoms with Gasteiger partial charge in [-0.1, -0.05) is 12.1 Å². The van der Waals surface area contributed by atoms with Crippen molar-refractivity contribution in [1.29, 1.82) is 0 Å². The summed E-state index contributed by atoms with van der Waals surface area (Å²) in [5, 5.41) is 5.87. The van der Waals surface area contributed by atoms with Gasteiger partial charge in [-0.05, 0) is 30.7 Å². The summed E-state index contributed by atoms with van der Waals surface area (Å²) in [5.74, 6) is 1.54. The molecule has 0 aliphatic heterocycles. The molecule has 0 fully saturated rings. The number of rotatable bonds is 6. The number of pyridine rings is 1. The van der Waals surface area contributed by atoms with Gasteiger partial charge in [-0.2, -0.15) is 0 Å². The number of carbonyl (C=O) groups is 1. The van der Waals surface area contributed by atoms with Gasteiger partial charge in [0.25, 0.3) is 5.91 Å². The first-order valence-electron chi connectivity index (χ1n) is 8.02. The van der Waals surface area contributed by atoms with Crippen LogP contribution in [-0.2, 0) is 13.5 Å². The average molecular weight is 323 g/mol. The molecule has 2 aromatic heterocycles. The summed E-state index contributed by atoms with van der Waals surface area (Å²) < 4.78 is 2.13. The third kappa shape index (κ3) is 3.22. The summed E-state index contributed by atoms with van der Waals surface area (Å²) in [6.07, 6.45) is 3.45. The molecule has 24 heavy (non-hydrogen) atoms. The van der Waals surface area contributed by atoms with E-state index in [-0.39, 0.29) is 5.91 Å². The first-order chi connectivity index (χ1) is 11.7. The summed E-state index contributed by atoms with van der Waals surface area (Å²) in [6.45, 7) is 0.726. The molecule has 6 nitrogen and oxygen atoms in total. The van der Waals surface area contributed by atoms with Crippen LogP contribution in [0.25, 0.3) is 11.0 Å². The molecule has 0 bridgehead atoms. The Hall–Kier alpha value is -2.89. The number of benzene rings is 1. The van der Waals surface area contributed by atoms with E-state index in [9.17, 15) is 4.79 Å². The molecule has 1 aromatic carbocycles. The molecule has 0 saturated carbocycles. The molecule has 3 rings (SSSR count). The van der Waals surface area contributed by atoms with Gasteiger partial charge in [0, 0.05) is 33.3 Å². The smallest absolute Gasteiger partial charge is 0.254 e. The van der Waals surface area contributed by atoms with Gasteiger partial charge in [0.2, 0.25) is 0 Å². The van der Waals surface area contributed by atoms with Crippen molar-refractivity contribution in [3.63, 3.8) is 0 Å². The van der Waals surface area contributed by atoms with Crippen LogP contribution in [0.3, 0.4) is 0 Å². The second-order valence-electron chi connectivity index (χ2n) is 5.58. The van der Waals surface area contributed by atoms with Crippen molar-refractivity contribution in [3.8, 4) is 0 Å². The molecule has 0 atom stereocenters. The Morgan fingerprint density at radius 3 is 2.83 bits per heavy atom. The molecule has 0 aliphatic rings. The van der Waals surface area contributed by atoms with E-state index in [1.54, 1.807) is 25.4 Å². The lowest BCUT2D eigenvalue weighted by molar-refractivity contribution is 0.0963. The summed E-state index contributed by atoms with van der Waals surface area (Å²) in [6, 6.07) is 11.7. The molecule has 0 aliphatic carbocycles. The van der Waals surface area contributed by atoms with Crippen LogP contribution in [-0.4, -0.2) is 34.0 Å². The van der Waals surface area contributed by atoms with Crippen molar-refractivity contribution >= 4 is 22.8 Å². The van der Waals surface area contributed by atoms with E-state index in [0.717, 1.165) is 36.2 Å². The number of imidazole rings is 1. The van der Waals surface area contributed by atoms with Gasteiger partial charge in [0.15, 0.2) is 0 Å². The van der Waals surface area contributed by atoms with E-state index in [2.05, 4.69) is 31.2 Å². The van der Waals surface area contributed by atoms with E-state index in [1.165, 1.54) is 0 Å². The number of para-hydroxylation sites is 2. The van der Waals surface area contributed by atoms with Crippen molar-refractivity contribution in [2.24, 2.45) is 7.05 Å². The largest absolute Gasteiger partial charge is 0.369 e. The molecule has 3 aromatic rings. The number of fused-ring (bicyclic) bond motifs is 1. The van der Waals surface area contributed by atoms with Crippen LogP contribution >= 0.6 is 0 Å². The van der Waals surface area contributed by atoms with E-state index in [0.29, 0.717) is 11.4 Å². The van der Waals surface area contributed by atoms with Crippen LogP contribution in [0.15, 0.2) is 42.6 Å². The monoisotopic (exact) mass is 323 g/mol. The zero-order chi connectivity index (χ0) is 16.9. The Balaban J connectivity index is 1.61. The van der Waals surface area contributed by atoms with Crippen LogP contribution in [0.4, 0.5) is 5.82 Å². The minimum Gasteiger partial charge on any atom is -0.369 e. The Kier molecular flexibility index (Phi) is 4.74. The van der Waals surface area contributed by atoms with Crippen LogP contribution < -0.4 is 10.6 Å². The highest BCUT2D eigenvalue weighted by atomic mass is 16.1. The molecule has 1 amide bonds. The van der Waals surface area contributed by atoms with Crippen molar-refractivity contribution < 1.29 is 4.79 Å². The fourth-order valence-electron chi connectivity index (χ4n) is 2.74. The number of hydrogen-bond donors (Lipinski definition) is 2. The van der Waals surface area contributed by atoms with Gasteiger partial charge in [-0.25, -0.2) is 9.97 Å². The first kappa shape index (κ1) is 16.0. The third-order valence-electron chi connectivity index (χ3n) is 4.03. The Labute approximate surface area is 140 Å². The summed E-state index contributed by atoms with van der Waals surface area (Å²) in [4.78, 5) is 20.8. The predicted octanol–water partition coefficient (Wildman–Crippen LogP) is 2.37. The van der Waals surface area contributed by atoms with Gasteiger partial charge >= 0.3 is 0 Å². The van der Waals surface area contributed by atoms with E-state index >= 15 is 0 Å². The van der Waals surface area contributed by atoms with Crippen LogP contribution in [0, 0.1) is 0 Å². The SMILES string of the molecule is CNC(=O)c1cccnc1NCCCc1nc2ccccc2n1C. The number of aryl methyl sites for hydroxylation is 2. The third-order valence-corrected chi connectivity index (χ3v) is 4.03. The molecular weight excluding hydrogens is 302 g/mol. The number of aromatic nitrogens is 3. The van der Waals surface area contributed by atoms with Gasteiger partial charge in [-0.3, -0.25) is 4.79 Å². The topological polar surface area (TPSA) is 71.8 Å². The van der Waals surface area contributed by atoms with Crippen molar-refractivity contribution in [2.75, 3.05) is 18.9 Å². The van der Waals surface area contributed by atoms with Crippen molar-refractivity contribution in [2.45, 2.75) is 12.8 Å². The fraction of sp³-hybridized carbons (Fsp3) is 0.278. The molecule has 6 heteroatoms. The number of amides is 1. The quantitative estimate of drug-likeness (QED) is 0.683. The predicted molar refractivity (Wildman–Crippen MR) is 95.2 cm³/mol. The number of carbonyl (C=O) groups excluding carboxylic acids is 1. The second-order valence-corrected chi connectivity index (χ2v) is 5.58. The average Bonchev–Trinajstić information content (AvgIpc) is 2.95. The van der Waals surface area contributed by atoms with Crippen molar-refractivity contribution in [1.82, 2.24) is 19.9 Å². The molecule has 2 N–H and O–H groups in total. The summed E-state index contributed by atoms with van der Waals surface area (Å²) in [5.41, 5.74) is 2.73. The molecule has 2 heterocycles. The van der Waals surface area contributed by atoms with Crippen molar-refractivity contribution in [3.05, 3.63) is 54.0 Å². The van der Waals surface area contributed by atoms with Crippen LogP contribution in [0.1, 0.15) is 22.6 Å². The number of nitrogens with zero attached hydrogens (tertiary/aromatic N) is 3. The number of nitrogens with one attached hydrogen (secondary N) is 2. The van der Waals surface area contributed by atoms with Crippen LogP contribution in [0.2, 0.25) is 0 Å². The zero-order valence-electron chi connectivity index (χ0n) is 13.9. The van der Waals surface area contributed by atoms with Gasteiger partial charge in [0.1, 0.15) is 11.6 Å². The van der Waals surface area contributed by atoms with Gasteiger partial charge < -0.3 is 15.2 Å². The summed E-state index contributed by atoms with van der Waals surface area (Å²) in [7, 11) is 3.66. The van der Waals surface area contributed by atoms with Gasteiger partial charge in [-0.15, -0.1) is 0 Å². The second kappa shape index (κ2) is 7.12. The molecule has 0 saturated heterocycles. The summed E-state index contributed by atoms with van der Waals surface area (Å²) >= 11 is 0. The Morgan fingerprint density at radius 1 is 1.21 bits per heavy atom. The Morgan fingerprint density at radius 2 is 2.04 bits per heavy atom. The van der Waals surface area contributed by atoms with Gasteiger partial charge in [0.05, 0.1) is 16.6 Å². The highest BCUT2D eigenvalue weighted by Crippen LogP contribution is 2.16. The molecular formula is C18H21N5O. The molecule has 124 valence electrons. The molecule has 0 spiro atoms. The maximum Gasteiger partial charge on any atom is 0.254 e. The first-order valence-corrected chi connectivity index (χ1v) is 8.02. The zero-order valence-corrected chi connectivity index (χ0v) is 13.9. The maximum atomic E-state index is 11.8. The van der Waals surface area contributed by atoms with E-state index in [1.807, 2.05) is 25.2 Å². The molecule has 0 radical (unpaired) electrons. The van der Waals surface area contributed by atoms with Crippen LogP contribution in [0.5, 0.6) is 0 Å². The standard InChI is InChI=1S/C18H21N5O/c1-19-18(24)13-7-5-11-20-17(13)21-12-6-10-16-22-14-8-3-4-9-15(14)23(16)2/h3-5,7-9,11H,6,10,12H2,1-2H3,(H,19,24)(H,20,21). The Bertz CT molecular complexity index is 855.